The number of rotatable bonds is 12. The summed E-state index contributed by atoms with van der Waals surface area (Å²) in [4.78, 5) is 11.3. The van der Waals surface area contributed by atoms with Gasteiger partial charge in [-0.25, -0.2) is 16.8 Å². The third kappa shape index (κ3) is 10.6. The summed E-state index contributed by atoms with van der Waals surface area (Å²) in [5.41, 5.74) is -5.73. The number of ether oxygens (including phenoxy) is 1. The molecule has 0 aliphatic heterocycles. The highest BCUT2D eigenvalue weighted by Gasteiger charge is 2.48. The van der Waals surface area contributed by atoms with Gasteiger partial charge in [0.15, 0.2) is 0 Å². The van der Waals surface area contributed by atoms with Crippen molar-refractivity contribution in [3.63, 3.8) is 0 Å². The van der Waals surface area contributed by atoms with E-state index in [9.17, 15) is 34.8 Å². The Bertz CT molecular complexity index is 590. The molecule has 0 atom stereocenters. The quantitative estimate of drug-likeness (QED) is 0.270. The predicted molar refractivity (Wildman–Crippen MR) is 87.9 cm³/mol. The summed E-state index contributed by atoms with van der Waals surface area (Å²) in [6.45, 7) is -0.340. The second kappa shape index (κ2) is 10.7. The maximum Gasteiger partial charge on any atom is 0.512 e. The van der Waals surface area contributed by atoms with Crippen molar-refractivity contribution in [2.45, 2.75) is 24.8 Å². The maximum atomic E-state index is 12.1. The van der Waals surface area contributed by atoms with E-state index >= 15 is 0 Å². The maximum absolute atomic E-state index is 12.1. The standard InChI is InChI=1S/C10H18F3NO6S4/c11-10(12,13)24(18,19)14-23(16,17)8-1-4-20-9(15)3-7-22-6-2-5-21/h14,21H,1-8H2. The van der Waals surface area contributed by atoms with E-state index in [4.69, 9.17) is 4.74 Å². The van der Waals surface area contributed by atoms with Gasteiger partial charge in [-0.3, -0.25) is 4.79 Å². The van der Waals surface area contributed by atoms with Gasteiger partial charge in [0.25, 0.3) is 0 Å². The number of thioether (sulfide) groups is 1. The van der Waals surface area contributed by atoms with Gasteiger partial charge < -0.3 is 4.74 Å². The number of halogens is 3. The van der Waals surface area contributed by atoms with Crippen molar-refractivity contribution >= 4 is 50.4 Å². The fourth-order valence-corrected chi connectivity index (χ4v) is 4.97. The second-order valence-electron chi connectivity index (χ2n) is 4.36. The molecule has 7 nitrogen and oxygen atoms in total. The lowest BCUT2D eigenvalue weighted by molar-refractivity contribution is -0.143. The zero-order valence-corrected chi connectivity index (χ0v) is 15.8. The summed E-state index contributed by atoms with van der Waals surface area (Å²) >= 11 is 5.56. The van der Waals surface area contributed by atoms with Gasteiger partial charge in [-0.05, 0) is 24.3 Å². The van der Waals surface area contributed by atoms with Crippen molar-refractivity contribution in [3.05, 3.63) is 0 Å². The van der Waals surface area contributed by atoms with Gasteiger partial charge in [0, 0.05) is 5.75 Å². The average molecular weight is 434 g/mol. The number of hydrogen-bond donors (Lipinski definition) is 2. The number of alkyl halides is 3. The molecule has 0 radical (unpaired) electrons. The molecule has 0 heterocycles. The Hall–Kier alpha value is -0.180. The van der Waals surface area contributed by atoms with E-state index in [1.54, 1.807) is 0 Å². The number of carbonyl (C=O) groups excluding carboxylic acids is 1. The first-order valence-electron chi connectivity index (χ1n) is 6.58. The van der Waals surface area contributed by atoms with Crippen LogP contribution in [0.4, 0.5) is 13.2 Å². The Morgan fingerprint density at radius 3 is 2.29 bits per heavy atom. The monoisotopic (exact) mass is 433 g/mol. The third-order valence-electron chi connectivity index (χ3n) is 2.26. The van der Waals surface area contributed by atoms with Gasteiger partial charge in [-0.2, -0.15) is 37.6 Å². The number of thiol groups is 1. The largest absolute Gasteiger partial charge is 0.512 e. The molecule has 0 unspecified atom stereocenters. The molecule has 0 spiro atoms. The highest BCUT2D eigenvalue weighted by atomic mass is 32.3. The molecule has 0 saturated carbocycles. The van der Waals surface area contributed by atoms with Crippen molar-refractivity contribution in [2.24, 2.45) is 0 Å². The highest BCUT2D eigenvalue weighted by molar-refractivity contribution is 8.05. The molecular weight excluding hydrogens is 415 g/mol. The SMILES string of the molecule is O=C(CCSCCCS)OCCCS(=O)(=O)NS(=O)(=O)C(F)(F)F. The van der Waals surface area contributed by atoms with Gasteiger partial charge in [-0.1, -0.05) is 0 Å². The molecule has 0 bridgehead atoms. The van der Waals surface area contributed by atoms with Crippen molar-refractivity contribution in [1.29, 1.82) is 0 Å². The van der Waals surface area contributed by atoms with E-state index in [0.717, 1.165) is 17.9 Å². The summed E-state index contributed by atoms with van der Waals surface area (Å²) in [6, 6.07) is 0. The van der Waals surface area contributed by atoms with Crippen LogP contribution in [0.1, 0.15) is 19.3 Å². The van der Waals surface area contributed by atoms with Crippen LogP contribution in [0.15, 0.2) is 0 Å². The van der Waals surface area contributed by atoms with E-state index in [1.165, 1.54) is 11.8 Å². The molecule has 0 aromatic carbocycles. The minimum absolute atomic E-state index is 0.116. The number of nitrogens with one attached hydrogen (secondary N) is 1. The molecule has 0 rings (SSSR count). The normalized spacial score (nSPS) is 13.0. The molecule has 0 aromatic heterocycles. The fraction of sp³-hybridized carbons (Fsp3) is 0.900. The predicted octanol–water partition coefficient (Wildman–Crippen LogP) is 1.13. The zero-order chi connectivity index (χ0) is 18.9. The van der Waals surface area contributed by atoms with Crippen molar-refractivity contribution in [3.8, 4) is 0 Å². The van der Waals surface area contributed by atoms with Crippen molar-refractivity contribution in [1.82, 2.24) is 4.13 Å². The van der Waals surface area contributed by atoms with Crippen LogP contribution in [0.5, 0.6) is 0 Å². The van der Waals surface area contributed by atoms with Gasteiger partial charge in [-0.15, -0.1) is 4.13 Å². The minimum Gasteiger partial charge on any atom is -0.466 e. The van der Waals surface area contributed by atoms with Crippen molar-refractivity contribution in [2.75, 3.05) is 29.6 Å². The minimum atomic E-state index is -5.98. The summed E-state index contributed by atoms with van der Waals surface area (Å²) in [5, 5.41) is 0. The number of sulfonamides is 2. The summed E-state index contributed by atoms with van der Waals surface area (Å²) in [7, 11) is -10.7. The summed E-state index contributed by atoms with van der Waals surface area (Å²) in [5.74, 6) is 0.614. The Kier molecular flexibility index (Phi) is 10.7. The molecule has 14 heteroatoms. The lowest BCUT2D eigenvalue weighted by Gasteiger charge is -2.10. The van der Waals surface area contributed by atoms with E-state index in [2.05, 4.69) is 12.6 Å². The van der Waals surface area contributed by atoms with Crippen LogP contribution in [0.25, 0.3) is 0 Å². The molecular formula is C10H18F3NO6S4. The Balaban J connectivity index is 4.04. The van der Waals surface area contributed by atoms with Crippen LogP contribution in [0.2, 0.25) is 0 Å². The first kappa shape index (κ1) is 23.8. The molecule has 0 aliphatic carbocycles. The summed E-state index contributed by atoms with van der Waals surface area (Å²) in [6.07, 6.45) is 0.681. The van der Waals surface area contributed by atoms with Gasteiger partial charge in [0.05, 0.1) is 18.8 Å². The zero-order valence-electron chi connectivity index (χ0n) is 12.4. The van der Waals surface area contributed by atoms with Crippen LogP contribution < -0.4 is 4.13 Å². The average Bonchev–Trinajstić information content (AvgIpc) is 2.41. The second-order valence-corrected chi connectivity index (χ2v) is 9.81. The van der Waals surface area contributed by atoms with Crippen molar-refractivity contribution < 1.29 is 39.5 Å². The first-order chi connectivity index (χ1) is 10.9. The molecule has 24 heavy (non-hydrogen) atoms. The summed E-state index contributed by atoms with van der Waals surface area (Å²) < 4.78 is 85.4. The van der Waals surface area contributed by atoms with Crippen LogP contribution in [0.3, 0.4) is 0 Å². The molecule has 0 aliphatic rings. The molecule has 1 N–H and O–H groups in total. The molecule has 0 saturated heterocycles. The third-order valence-corrected chi connectivity index (χ3v) is 6.97. The molecule has 144 valence electrons. The Morgan fingerprint density at radius 2 is 1.75 bits per heavy atom. The number of hydrogen-bond acceptors (Lipinski definition) is 8. The number of esters is 1. The lowest BCUT2D eigenvalue weighted by atomic mass is 10.5. The Labute approximate surface area is 148 Å². The van der Waals surface area contributed by atoms with Crippen LogP contribution in [-0.4, -0.2) is 57.9 Å². The smallest absolute Gasteiger partial charge is 0.466 e. The van der Waals surface area contributed by atoms with E-state index in [-0.39, 0.29) is 19.4 Å². The fourth-order valence-electron chi connectivity index (χ4n) is 1.19. The lowest BCUT2D eigenvalue weighted by Crippen LogP contribution is -2.41. The topological polar surface area (TPSA) is 107 Å². The van der Waals surface area contributed by atoms with Gasteiger partial charge >= 0.3 is 21.5 Å². The highest BCUT2D eigenvalue weighted by Crippen LogP contribution is 2.22. The van der Waals surface area contributed by atoms with Gasteiger partial charge in [0.1, 0.15) is 0 Å². The van der Waals surface area contributed by atoms with E-state index in [1.807, 2.05) is 0 Å². The van der Waals surface area contributed by atoms with Gasteiger partial charge in [0.2, 0.25) is 10.0 Å². The molecule has 0 fully saturated rings. The Morgan fingerprint density at radius 1 is 1.12 bits per heavy atom. The van der Waals surface area contributed by atoms with E-state index < -0.39 is 37.3 Å². The van der Waals surface area contributed by atoms with E-state index in [0.29, 0.717) is 9.88 Å². The van der Waals surface area contributed by atoms with Crippen LogP contribution in [0, 0.1) is 0 Å². The first-order valence-corrected chi connectivity index (χ1v) is 11.5. The van der Waals surface area contributed by atoms with Crippen LogP contribution >= 0.6 is 24.4 Å². The molecule has 0 amide bonds. The van der Waals surface area contributed by atoms with Crippen LogP contribution in [-0.2, 0) is 29.6 Å². The number of carbonyl (C=O) groups is 1. The molecule has 0 aromatic rings.